The van der Waals surface area contributed by atoms with Gasteiger partial charge in [0.15, 0.2) is 18.9 Å². The summed E-state index contributed by atoms with van der Waals surface area (Å²) < 4.78 is 1.95. The minimum absolute atomic E-state index is 0. The fraction of sp³-hybridized carbons (Fsp3) is 0.0500. The normalized spacial score (nSPS) is 10.4. The first kappa shape index (κ1) is 20.9. The lowest BCUT2D eigenvalue weighted by molar-refractivity contribution is -0.688. The van der Waals surface area contributed by atoms with Crippen molar-refractivity contribution in [2.24, 2.45) is 5.10 Å². The van der Waals surface area contributed by atoms with E-state index in [4.69, 9.17) is 23.2 Å². The van der Waals surface area contributed by atoms with Gasteiger partial charge in [-0.2, -0.15) is 9.67 Å². The maximum absolute atomic E-state index is 12.3. The molecule has 0 spiro atoms. The topological polar surface area (TPSA) is 45.3 Å². The quantitative estimate of drug-likeness (QED) is 0.375. The standard InChI is InChI=1S/C20H15Cl2N3O.ClH/c21-18-9-8-16(19(22)11-18)12-23-24-20(26)17-7-4-10-25(14-17)13-15-5-2-1-3-6-15;/h1-12,14H,13H2;1H/b23-12+;. The van der Waals surface area contributed by atoms with Gasteiger partial charge in [0.1, 0.15) is 5.56 Å². The van der Waals surface area contributed by atoms with E-state index in [1.54, 1.807) is 30.5 Å². The summed E-state index contributed by atoms with van der Waals surface area (Å²) in [6.45, 7) is 0.686. The molecule has 1 amide bonds. The highest BCUT2D eigenvalue weighted by atomic mass is 35.5. The molecule has 1 heterocycles. The van der Waals surface area contributed by atoms with Crippen molar-refractivity contribution in [1.29, 1.82) is 0 Å². The fourth-order valence-electron chi connectivity index (χ4n) is 2.38. The first-order valence-corrected chi connectivity index (χ1v) is 8.69. The van der Waals surface area contributed by atoms with E-state index in [0.29, 0.717) is 27.7 Å². The third kappa shape index (κ3) is 6.07. The number of hydrazone groups is 1. The van der Waals surface area contributed by atoms with Gasteiger partial charge < -0.3 is 12.4 Å². The number of halogens is 3. The number of rotatable bonds is 5. The van der Waals surface area contributed by atoms with E-state index in [9.17, 15) is 4.79 Å². The van der Waals surface area contributed by atoms with Crippen molar-refractivity contribution in [1.82, 2.24) is 5.43 Å². The summed E-state index contributed by atoms with van der Waals surface area (Å²) in [5, 5.41) is 4.97. The number of nitrogens with one attached hydrogen (secondary N) is 1. The molecule has 0 fully saturated rings. The third-order valence-electron chi connectivity index (χ3n) is 3.66. The van der Waals surface area contributed by atoms with E-state index in [-0.39, 0.29) is 18.3 Å². The first-order valence-electron chi connectivity index (χ1n) is 7.93. The van der Waals surface area contributed by atoms with Crippen LogP contribution < -0.4 is 22.4 Å². The molecule has 0 radical (unpaired) electrons. The molecule has 0 saturated carbocycles. The highest BCUT2D eigenvalue weighted by Gasteiger charge is 2.10. The van der Waals surface area contributed by atoms with Crippen LogP contribution in [0.15, 0.2) is 78.2 Å². The molecule has 0 saturated heterocycles. The highest BCUT2D eigenvalue weighted by Crippen LogP contribution is 2.19. The van der Waals surface area contributed by atoms with Crippen LogP contribution >= 0.6 is 23.2 Å². The van der Waals surface area contributed by atoms with Crippen LogP contribution in [0.3, 0.4) is 0 Å². The Kier molecular flexibility index (Phi) is 7.80. The molecule has 0 aliphatic heterocycles. The predicted molar refractivity (Wildman–Crippen MR) is 104 cm³/mol. The van der Waals surface area contributed by atoms with Gasteiger partial charge in [-0.15, -0.1) is 0 Å². The summed E-state index contributed by atoms with van der Waals surface area (Å²) in [7, 11) is 0. The summed E-state index contributed by atoms with van der Waals surface area (Å²) >= 11 is 11.9. The van der Waals surface area contributed by atoms with Gasteiger partial charge in [0.2, 0.25) is 0 Å². The van der Waals surface area contributed by atoms with Gasteiger partial charge in [-0.25, -0.2) is 5.43 Å². The first-order chi connectivity index (χ1) is 12.6. The lowest BCUT2D eigenvalue weighted by Crippen LogP contribution is -3.00. The van der Waals surface area contributed by atoms with Crippen LogP contribution in [0.5, 0.6) is 0 Å². The molecule has 0 aliphatic rings. The summed E-state index contributed by atoms with van der Waals surface area (Å²) in [4.78, 5) is 12.3. The van der Waals surface area contributed by atoms with Crippen molar-refractivity contribution >= 4 is 35.3 Å². The molecule has 2 aromatic carbocycles. The van der Waals surface area contributed by atoms with Gasteiger partial charge in [-0.05, 0) is 18.2 Å². The van der Waals surface area contributed by atoms with Crippen molar-refractivity contribution in [3.8, 4) is 0 Å². The second-order valence-electron chi connectivity index (χ2n) is 5.62. The smallest absolute Gasteiger partial charge is 0.277 e. The number of aromatic nitrogens is 1. The Balaban J connectivity index is 0.00000261. The van der Waals surface area contributed by atoms with Crippen LogP contribution in [-0.4, -0.2) is 12.1 Å². The Hall–Kier alpha value is -2.40. The van der Waals surface area contributed by atoms with E-state index in [1.807, 2.05) is 47.2 Å². The molecule has 138 valence electrons. The number of amides is 1. The summed E-state index contributed by atoms with van der Waals surface area (Å²) in [6.07, 6.45) is 5.19. The molecule has 4 nitrogen and oxygen atoms in total. The molecule has 0 unspecified atom stereocenters. The Labute approximate surface area is 173 Å². The molecule has 0 bridgehead atoms. The number of hydrogen-bond donors (Lipinski definition) is 1. The van der Waals surface area contributed by atoms with Crippen molar-refractivity contribution in [3.05, 3.63) is 99.8 Å². The van der Waals surface area contributed by atoms with Crippen LogP contribution in [0.25, 0.3) is 0 Å². The number of nitrogens with zero attached hydrogens (tertiary/aromatic N) is 2. The zero-order valence-corrected chi connectivity index (χ0v) is 16.4. The molecule has 1 aromatic heterocycles. The number of carbonyl (C=O) groups excluding carboxylic acids is 1. The predicted octanol–water partition coefficient (Wildman–Crippen LogP) is 1.10. The minimum atomic E-state index is -0.297. The number of hydrogen-bond acceptors (Lipinski definition) is 2. The number of benzene rings is 2. The average molecular weight is 421 g/mol. The number of carbonyl (C=O) groups is 1. The highest BCUT2D eigenvalue weighted by molar-refractivity contribution is 6.36. The van der Waals surface area contributed by atoms with E-state index in [0.717, 1.165) is 5.56 Å². The molecular formula is C20H16Cl3N3O. The molecule has 0 atom stereocenters. The second kappa shape index (κ2) is 10.1. The van der Waals surface area contributed by atoms with Gasteiger partial charge in [-0.3, -0.25) is 4.79 Å². The second-order valence-corrected chi connectivity index (χ2v) is 6.46. The number of pyridine rings is 1. The SMILES string of the molecule is O=C(N/N=C/c1ccc(Cl)cc1Cl)c1ccc[n+](Cc2ccccc2)c1.[Cl-]. The zero-order valence-electron chi connectivity index (χ0n) is 14.1. The van der Waals surface area contributed by atoms with E-state index < -0.39 is 0 Å². The van der Waals surface area contributed by atoms with Crippen molar-refractivity contribution in [2.45, 2.75) is 6.54 Å². The monoisotopic (exact) mass is 419 g/mol. The van der Waals surface area contributed by atoms with Crippen LogP contribution in [0.1, 0.15) is 21.5 Å². The Morgan fingerprint density at radius 2 is 1.85 bits per heavy atom. The molecule has 1 N–H and O–H groups in total. The van der Waals surface area contributed by atoms with Crippen molar-refractivity contribution in [3.63, 3.8) is 0 Å². The van der Waals surface area contributed by atoms with E-state index >= 15 is 0 Å². The van der Waals surface area contributed by atoms with Gasteiger partial charge in [0, 0.05) is 22.2 Å². The summed E-state index contributed by atoms with van der Waals surface area (Å²) in [5.41, 5.74) is 4.85. The van der Waals surface area contributed by atoms with Crippen LogP contribution in [0, 0.1) is 0 Å². The molecule has 3 rings (SSSR count). The minimum Gasteiger partial charge on any atom is -1.00 e. The van der Waals surface area contributed by atoms with E-state index in [1.165, 1.54) is 6.21 Å². The van der Waals surface area contributed by atoms with Gasteiger partial charge in [-0.1, -0.05) is 59.6 Å². The Morgan fingerprint density at radius 1 is 1.07 bits per heavy atom. The fourth-order valence-corrected chi connectivity index (χ4v) is 2.84. The van der Waals surface area contributed by atoms with Crippen LogP contribution in [0.2, 0.25) is 10.0 Å². The molecule has 7 heteroatoms. The summed E-state index contributed by atoms with van der Waals surface area (Å²) in [6, 6.07) is 18.7. The zero-order chi connectivity index (χ0) is 18.4. The molecule has 0 aliphatic carbocycles. The van der Waals surface area contributed by atoms with Gasteiger partial charge in [0.25, 0.3) is 5.91 Å². The van der Waals surface area contributed by atoms with Crippen LogP contribution in [-0.2, 0) is 6.54 Å². The molecular weight excluding hydrogens is 405 g/mol. The van der Waals surface area contributed by atoms with Gasteiger partial charge in [0.05, 0.1) is 11.2 Å². The Bertz CT molecular complexity index is 946. The largest absolute Gasteiger partial charge is 1.00 e. The lowest BCUT2D eigenvalue weighted by Gasteiger charge is -2.01. The van der Waals surface area contributed by atoms with Crippen molar-refractivity contribution < 1.29 is 21.8 Å². The van der Waals surface area contributed by atoms with Crippen molar-refractivity contribution in [2.75, 3.05) is 0 Å². The molecule has 3 aromatic rings. The molecule has 27 heavy (non-hydrogen) atoms. The van der Waals surface area contributed by atoms with Crippen LogP contribution in [0.4, 0.5) is 0 Å². The maximum Gasteiger partial charge on any atom is 0.277 e. The Morgan fingerprint density at radius 3 is 2.59 bits per heavy atom. The average Bonchev–Trinajstić information content (AvgIpc) is 2.64. The lowest BCUT2D eigenvalue weighted by atomic mass is 10.2. The maximum atomic E-state index is 12.3. The third-order valence-corrected chi connectivity index (χ3v) is 4.22. The summed E-state index contributed by atoms with van der Waals surface area (Å²) in [5.74, 6) is -0.297. The van der Waals surface area contributed by atoms with Gasteiger partial charge >= 0.3 is 0 Å². The van der Waals surface area contributed by atoms with E-state index in [2.05, 4.69) is 10.5 Å².